The van der Waals surface area contributed by atoms with Gasteiger partial charge in [0.2, 0.25) is 5.91 Å². The van der Waals surface area contributed by atoms with Crippen molar-refractivity contribution in [3.8, 4) is 5.75 Å². The van der Waals surface area contributed by atoms with Crippen molar-refractivity contribution in [3.63, 3.8) is 0 Å². The Labute approximate surface area is 109 Å². The molecule has 0 spiro atoms. The molecule has 0 fully saturated rings. The van der Waals surface area contributed by atoms with Crippen LogP contribution in [-0.2, 0) is 4.79 Å². The molecule has 0 saturated carbocycles. The summed E-state index contributed by atoms with van der Waals surface area (Å²) in [5.74, 6) is 0.817. The molecule has 0 aliphatic heterocycles. The minimum Gasteiger partial charge on any atom is -0.493 e. The van der Waals surface area contributed by atoms with Crippen LogP contribution in [-0.4, -0.2) is 25.1 Å². The highest BCUT2D eigenvalue weighted by atomic mass is 16.5. The average Bonchev–Trinajstić information content (AvgIpc) is 2.37. The van der Waals surface area contributed by atoms with Crippen molar-refractivity contribution in [3.05, 3.63) is 30.3 Å². The van der Waals surface area contributed by atoms with Gasteiger partial charge in [-0.3, -0.25) is 4.79 Å². The number of ether oxygens (including phenoxy) is 1. The predicted octanol–water partition coefficient (Wildman–Crippen LogP) is 1.70. The normalized spacial score (nSPS) is 11.9. The fourth-order valence-corrected chi connectivity index (χ4v) is 1.62. The zero-order chi connectivity index (χ0) is 13.2. The highest BCUT2D eigenvalue weighted by Gasteiger charge is 2.06. The zero-order valence-corrected chi connectivity index (χ0v) is 10.9. The highest BCUT2D eigenvalue weighted by Crippen LogP contribution is 2.08. The van der Waals surface area contributed by atoms with E-state index in [0.717, 1.165) is 18.6 Å². The molecule has 3 N–H and O–H groups in total. The van der Waals surface area contributed by atoms with Crippen molar-refractivity contribution in [2.45, 2.75) is 32.2 Å². The summed E-state index contributed by atoms with van der Waals surface area (Å²) in [6, 6.07) is 9.68. The lowest BCUT2D eigenvalue weighted by Crippen LogP contribution is -2.33. The van der Waals surface area contributed by atoms with Crippen LogP contribution in [0.2, 0.25) is 0 Å². The van der Waals surface area contributed by atoms with E-state index in [-0.39, 0.29) is 11.9 Å². The van der Waals surface area contributed by atoms with E-state index in [0.29, 0.717) is 19.6 Å². The molecular formula is C14H22N2O2. The number of hydrogen-bond donors (Lipinski definition) is 2. The first-order valence-electron chi connectivity index (χ1n) is 6.39. The number of carbonyl (C=O) groups excluding carboxylic acids is 1. The Morgan fingerprint density at radius 1 is 1.39 bits per heavy atom. The Morgan fingerprint density at radius 2 is 2.11 bits per heavy atom. The van der Waals surface area contributed by atoms with Gasteiger partial charge in [0.15, 0.2) is 0 Å². The Hall–Kier alpha value is -1.55. The maximum absolute atomic E-state index is 11.6. The van der Waals surface area contributed by atoms with E-state index >= 15 is 0 Å². The van der Waals surface area contributed by atoms with Crippen LogP contribution < -0.4 is 15.8 Å². The third-order valence-corrected chi connectivity index (χ3v) is 2.59. The number of benzene rings is 1. The number of hydrogen-bond acceptors (Lipinski definition) is 3. The summed E-state index contributed by atoms with van der Waals surface area (Å²) >= 11 is 0. The number of rotatable bonds is 8. The summed E-state index contributed by atoms with van der Waals surface area (Å²) in [6.45, 7) is 3.06. The van der Waals surface area contributed by atoms with E-state index in [1.807, 2.05) is 37.3 Å². The van der Waals surface area contributed by atoms with E-state index in [9.17, 15) is 4.79 Å². The lowest BCUT2D eigenvalue weighted by molar-refractivity contribution is -0.122. The third kappa shape index (κ3) is 6.25. The second-order valence-electron chi connectivity index (χ2n) is 4.31. The van der Waals surface area contributed by atoms with Crippen LogP contribution in [0.4, 0.5) is 0 Å². The number of nitrogens with one attached hydrogen (secondary N) is 1. The number of para-hydroxylation sites is 1. The van der Waals surface area contributed by atoms with Crippen molar-refractivity contribution >= 4 is 5.91 Å². The van der Waals surface area contributed by atoms with Crippen molar-refractivity contribution in [2.24, 2.45) is 5.73 Å². The molecule has 0 heterocycles. The van der Waals surface area contributed by atoms with Crippen LogP contribution in [0.1, 0.15) is 26.2 Å². The summed E-state index contributed by atoms with van der Waals surface area (Å²) in [4.78, 5) is 11.6. The highest BCUT2D eigenvalue weighted by molar-refractivity contribution is 5.76. The maximum Gasteiger partial charge on any atom is 0.223 e. The van der Waals surface area contributed by atoms with E-state index in [1.54, 1.807) is 0 Å². The van der Waals surface area contributed by atoms with E-state index in [2.05, 4.69) is 5.32 Å². The van der Waals surface area contributed by atoms with Gasteiger partial charge < -0.3 is 15.8 Å². The van der Waals surface area contributed by atoms with Crippen molar-refractivity contribution < 1.29 is 9.53 Å². The molecule has 1 aromatic carbocycles. The van der Waals surface area contributed by atoms with Crippen LogP contribution in [0.25, 0.3) is 0 Å². The van der Waals surface area contributed by atoms with Crippen LogP contribution in [0, 0.1) is 0 Å². The molecule has 0 aliphatic carbocycles. The topological polar surface area (TPSA) is 64.3 Å². The smallest absolute Gasteiger partial charge is 0.223 e. The maximum atomic E-state index is 11.6. The first-order chi connectivity index (χ1) is 8.72. The number of amides is 1. The molecule has 0 radical (unpaired) electrons. The van der Waals surface area contributed by atoms with Crippen molar-refractivity contribution in [1.29, 1.82) is 0 Å². The Balaban J connectivity index is 2.13. The largest absolute Gasteiger partial charge is 0.493 e. The average molecular weight is 250 g/mol. The molecule has 1 unspecified atom stereocenters. The minimum absolute atomic E-state index is 0.0236. The lowest BCUT2D eigenvalue weighted by atomic mass is 10.2. The second kappa shape index (κ2) is 8.53. The molecule has 18 heavy (non-hydrogen) atoms. The summed E-state index contributed by atoms with van der Waals surface area (Å²) in [7, 11) is 0. The first-order valence-corrected chi connectivity index (χ1v) is 6.39. The Morgan fingerprint density at radius 3 is 2.78 bits per heavy atom. The second-order valence-corrected chi connectivity index (χ2v) is 4.31. The molecular weight excluding hydrogens is 228 g/mol. The van der Waals surface area contributed by atoms with Crippen molar-refractivity contribution in [1.82, 2.24) is 5.32 Å². The quantitative estimate of drug-likeness (QED) is 0.738. The van der Waals surface area contributed by atoms with Crippen LogP contribution >= 0.6 is 0 Å². The van der Waals surface area contributed by atoms with Gasteiger partial charge in [-0.2, -0.15) is 0 Å². The summed E-state index contributed by atoms with van der Waals surface area (Å²) in [5, 5.41) is 2.93. The van der Waals surface area contributed by atoms with Gasteiger partial charge >= 0.3 is 0 Å². The van der Waals surface area contributed by atoms with Gasteiger partial charge in [0.1, 0.15) is 5.75 Å². The zero-order valence-electron chi connectivity index (χ0n) is 10.9. The molecule has 1 aromatic rings. The van der Waals surface area contributed by atoms with Crippen LogP contribution in [0.15, 0.2) is 30.3 Å². The van der Waals surface area contributed by atoms with E-state index < -0.39 is 0 Å². The SMILES string of the molecule is CC(CCCN)NC(=O)CCOc1ccccc1. The molecule has 0 bridgehead atoms. The van der Waals surface area contributed by atoms with Gasteiger partial charge in [-0.05, 0) is 38.4 Å². The van der Waals surface area contributed by atoms with Gasteiger partial charge in [-0.15, -0.1) is 0 Å². The first kappa shape index (κ1) is 14.5. The van der Waals surface area contributed by atoms with Gasteiger partial charge in [0.05, 0.1) is 13.0 Å². The minimum atomic E-state index is 0.0236. The molecule has 1 atom stereocenters. The van der Waals surface area contributed by atoms with E-state index in [1.165, 1.54) is 0 Å². The summed E-state index contributed by atoms with van der Waals surface area (Å²) in [5.41, 5.74) is 5.42. The number of nitrogens with two attached hydrogens (primary N) is 1. The Bertz CT molecular complexity index is 341. The fourth-order valence-electron chi connectivity index (χ4n) is 1.62. The lowest BCUT2D eigenvalue weighted by Gasteiger charge is -2.13. The van der Waals surface area contributed by atoms with E-state index in [4.69, 9.17) is 10.5 Å². The van der Waals surface area contributed by atoms with Gasteiger partial charge in [0, 0.05) is 6.04 Å². The third-order valence-electron chi connectivity index (χ3n) is 2.59. The molecule has 0 aromatic heterocycles. The number of carbonyl (C=O) groups is 1. The predicted molar refractivity (Wildman–Crippen MR) is 72.4 cm³/mol. The standard InChI is InChI=1S/C14H22N2O2/c1-12(6-5-10-15)16-14(17)9-11-18-13-7-3-2-4-8-13/h2-4,7-8,12H,5-6,9-11,15H2,1H3,(H,16,17). The molecule has 1 rings (SSSR count). The molecule has 1 amide bonds. The molecule has 0 aliphatic rings. The molecule has 4 nitrogen and oxygen atoms in total. The molecule has 4 heteroatoms. The van der Waals surface area contributed by atoms with Gasteiger partial charge in [0.25, 0.3) is 0 Å². The monoisotopic (exact) mass is 250 g/mol. The van der Waals surface area contributed by atoms with Crippen LogP contribution in [0.5, 0.6) is 5.75 Å². The summed E-state index contributed by atoms with van der Waals surface area (Å²) < 4.78 is 5.46. The van der Waals surface area contributed by atoms with Gasteiger partial charge in [-0.1, -0.05) is 18.2 Å². The Kier molecular flexibility index (Phi) is 6.87. The summed E-state index contributed by atoms with van der Waals surface area (Å²) in [6.07, 6.45) is 2.23. The fraction of sp³-hybridized carbons (Fsp3) is 0.500. The van der Waals surface area contributed by atoms with Crippen molar-refractivity contribution in [2.75, 3.05) is 13.2 Å². The van der Waals surface area contributed by atoms with Crippen LogP contribution in [0.3, 0.4) is 0 Å². The molecule has 100 valence electrons. The molecule has 0 saturated heterocycles. The van der Waals surface area contributed by atoms with Gasteiger partial charge in [-0.25, -0.2) is 0 Å².